The Morgan fingerprint density at radius 2 is 2.17 bits per heavy atom. The second-order valence-electron chi connectivity index (χ2n) is 5.34. The van der Waals surface area contributed by atoms with E-state index in [4.69, 9.17) is 9.63 Å². The smallest absolute Gasteiger partial charge is 0.326 e. The molecular formula is C16H18FN3O4. The summed E-state index contributed by atoms with van der Waals surface area (Å²) in [4.78, 5) is 26.8. The van der Waals surface area contributed by atoms with E-state index in [-0.39, 0.29) is 24.5 Å². The van der Waals surface area contributed by atoms with Crippen LogP contribution in [0.5, 0.6) is 0 Å². The number of carboxylic acid groups (broad SMARTS) is 1. The molecular weight excluding hydrogens is 317 g/mol. The summed E-state index contributed by atoms with van der Waals surface area (Å²) in [5.41, 5.74) is 1.09. The fraction of sp³-hybridized carbons (Fsp3) is 0.375. The summed E-state index contributed by atoms with van der Waals surface area (Å²) in [6.07, 6.45) is 0.526. The van der Waals surface area contributed by atoms with Crippen LogP contribution in [0.25, 0.3) is 11.4 Å². The van der Waals surface area contributed by atoms with Crippen molar-refractivity contribution in [3.8, 4) is 11.4 Å². The maximum atomic E-state index is 13.3. The summed E-state index contributed by atoms with van der Waals surface area (Å²) in [7, 11) is 0. The molecule has 0 aliphatic rings. The minimum atomic E-state index is -1.07. The van der Waals surface area contributed by atoms with Gasteiger partial charge in [0.2, 0.25) is 17.6 Å². The van der Waals surface area contributed by atoms with E-state index in [1.165, 1.54) is 6.07 Å². The molecule has 2 N–H and O–H groups in total. The number of hydrogen-bond donors (Lipinski definition) is 2. The first kappa shape index (κ1) is 17.6. The van der Waals surface area contributed by atoms with Crippen LogP contribution in [0.1, 0.15) is 31.2 Å². The number of carbonyl (C=O) groups is 2. The molecule has 0 saturated heterocycles. The molecule has 0 spiro atoms. The Bertz CT molecular complexity index is 745. The van der Waals surface area contributed by atoms with E-state index in [0.29, 0.717) is 23.4 Å². The van der Waals surface area contributed by atoms with E-state index < -0.39 is 17.9 Å². The van der Waals surface area contributed by atoms with Crippen LogP contribution in [0.2, 0.25) is 0 Å². The van der Waals surface area contributed by atoms with E-state index in [1.54, 1.807) is 26.0 Å². The number of nitrogens with zero attached hydrogens (tertiary/aromatic N) is 2. The van der Waals surface area contributed by atoms with Crippen molar-refractivity contribution in [2.24, 2.45) is 0 Å². The third-order valence-electron chi connectivity index (χ3n) is 3.49. The lowest BCUT2D eigenvalue weighted by atomic mass is 10.1. The van der Waals surface area contributed by atoms with Gasteiger partial charge in [-0.05, 0) is 37.1 Å². The average molecular weight is 335 g/mol. The molecule has 0 fully saturated rings. The van der Waals surface area contributed by atoms with E-state index in [2.05, 4.69) is 15.5 Å². The molecule has 0 aliphatic heterocycles. The van der Waals surface area contributed by atoms with Crippen molar-refractivity contribution in [3.63, 3.8) is 0 Å². The zero-order valence-corrected chi connectivity index (χ0v) is 13.4. The Kier molecular flexibility index (Phi) is 5.62. The molecule has 24 heavy (non-hydrogen) atoms. The number of halogens is 1. The highest BCUT2D eigenvalue weighted by atomic mass is 19.1. The molecule has 8 heteroatoms. The van der Waals surface area contributed by atoms with Crippen molar-refractivity contribution in [3.05, 3.63) is 35.5 Å². The number of hydrogen-bond acceptors (Lipinski definition) is 5. The minimum absolute atomic E-state index is 0.0356. The molecule has 128 valence electrons. The second-order valence-corrected chi connectivity index (χ2v) is 5.34. The van der Waals surface area contributed by atoms with Gasteiger partial charge in [0.05, 0.1) is 0 Å². The summed E-state index contributed by atoms with van der Waals surface area (Å²) < 4.78 is 18.3. The Morgan fingerprint density at radius 1 is 1.42 bits per heavy atom. The molecule has 0 aliphatic carbocycles. The summed E-state index contributed by atoms with van der Waals surface area (Å²) in [6.45, 7) is 3.31. The Labute approximate surface area is 137 Å². The fourth-order valence-corrected chi connectivity index (χ4v) is 2.08. The van der Waals surface area contributed by atoms with Crippen molar-refractivity contribution in [1.82, 2.24) is 15.5 Å². The van der Waals surface area contributed by atoms with Gasteiger partial charge in [-0.2, -0.15) is 4.98 Å². The molecule has 1 unspecified atom stereocenters. The fourth-order valence-electron chi connectivity index (χ4n) is 2.08. The predicted octanol–water partition coefficient (Wildman–Crippen LogP) is 2.10. The number of carboxylic acids is 1. The largest absolute Gasteiger partial charge is 0.480 e. The molecule has 1 amide bonds. The minimum Gasteiger partial charge on any atom is -0.480 e. The van der Waals surface area contributed by atoms with Crippen molar-refractivity contribution >= 4 is 11.9 Å². The van der Waals surface area contributed by atoms with E-state index in [9.17, 15) is 14.0 Å². The average Bonchev–Trinajstić information content (AvgIpc) is 3.02. The molecule has 1 aromatic carbocycles. The molecule has 2 aromatic rings. The van der Waals surface area contributed by atoms with Gasteiger partial charge < -0.3 is 14.9 Å². The monoisotopic (exact) mass is 335 g/mol. The van der Waals surface area contributed by atoms with Crippen LogP contribution in [0.15, 0.2) is 22.7 Å². The van der Waals surface area contributed by atoms with Crippen molar-refractivity contribution in [2.45, 2.75) is 39.2 Å². The van der Waals surface area contributed by atoms with Crippen LogP contribution in [0.3, 0.4) is 0 Å². The highest BCUT2D eigenvalue weighted by molar-refractivity contribution is 5.83. The van der Waals surface area contributed by atoms with Crippen molar-refractivity contribution in [1.29, 1.82) is 0 Å². The topological polar surface area (TPSA) is 105 Å². The number of aliphatic carboxylic acids is 1. The van der Waals surface area contributed by atoms with Gasteiger partial charge in [-0.15, -0.1) is 0 Å². The van der Waals surface area contributed by atoms with Crippen LogP contribution >= 0.6 is 0 Å². The zero-order valence-electron chi connectivity index (χ0n) is 13.4. The third kappa shape index (κ3) is 4.37. The predicted molar refractivity (Wildman–Crippen MR) is 82.6 cm³/mol. The standard InChI is InChI=1S/C16H18FN3O4/c1-3-12(16(22)23)18-13(21)6-7-14-19-15(20-24-14)10-4-5-11(17)9(2)8-10/h4-5,8,12H,3,6-7H2,1-2H3,(H,18,21)(H,22,23). The SMILES string of the molecule is CCC(NC(=O)CCc1nc(-c2ccc(F)c(C)c2)no1)C(=O)O. The number of nitrogens with one attached hydrogen (secondary N) is 1. The lowest BCUT2D eigenvalue weighted by molar-refractivity contribution is -0.141. The van der Waals surface area contributed by atoms with Crippen LogP contribution in [-0.2, 0) is 16.0 Å². The van der Waals surface area contributed by atoms with Crippen molar-refractivity contribution < 1.29 is 23.6 Å². The molecule has 1 heterocycles. The van der Waals surface area contributed by atoms with Gasteiger partial charge in [0.1, 0.15) is 11.9 Å². The van der Waals surface area contributed by atoms with Gasteiger partial charge in [0.15, 0.2) is 0 Å². The Hall–Kier alpha value is -2.77. The van der Waals surface area contributed by atoms with Crippen LogP contribution in [-0.4, -0.2) is 33.2 Å². The molecule has 0 radical (unpaired) electrons. The molecule has 0 bridgehead atoms. The van der Waals surface area contributed by atoms with E-state index >= 15 is 0 Å². The highest BCUT2D eigenvalue weighted by Crippen LogP contribution is 2.19. The van der Waals surface area contributed by atoms with Crippen LogP contribution in [0.4, 0.5) is 4.39 Å². The lowest BCUT2D eigenvalue weighted by Gasteiger charge is -2.11. The number of carbonyl (C=O) groups excluding carboxylic acids is 1. The Morgan fingerprint density at radius 3 is 2.79 bits per heavy atom. The van der Waals surface area contributed by atoms with Gasteiger partial charge in [0.25, 0.3) is 0 Å². The molecule has 1 aromatic heterocycles. The van der Waals surface area contributed by atoms with Gasteiger partial charge in [-0.3, -0.25) is 4.79 Å². The molecule has 7 nitrogen and oxygen atoms in total. The normalized spacial score (nSPS) is 12.0. The van der Waals surface area contributed by atoms with Crippen LogP contribution in [0, 0.1) is 12.7 Å². The number of aromatic nitrogens is 2. The van der Waals surface area contributed by atoms with Gasteiger partial charge >= 0.3 is 5.97 Å². The summed E-state index contributed by atoms with van der Waals surface area (Å²) >= 11 is 0. The lowest BCUT2D eigenvalue weighted by Crippen LogP contribution is -2.40. The summed E-state index contributed by atoms with van der Waals surface area (Å²) in [5.74, 6) is -1.22. The number of amides is 1. The first-order valence-electron chi connectivity index (χ1n) is 7.52. The van der Waals surface area contributed by atoms with Crippen molar-refractivity contribution in [2.75, 3.05) is 0 Å². The van der Waals surface area contributed by atoms with E-state index in [1.807, 2.05) is 0 Å². The maximum absolute atomic E-state index is 13.3. The number of benzene rings is 1. The third-order valence-corrected chi connectivity index (χ3v) is 3.49. The molecule has 0 saturated carbocycles. The second kappa shape index (κ2) is 7.67. The number of aryl methyl sites for hydroxylation is 2. The van der Waals surface area contributed by atoms with Crippen LogP contribution < -0.4 is 5.32 Å². The van der Waals surface area contributed by atoms with Gasteiger partial charge in [0, 0.05) is 18.4 Å². The maximum Gasteiger partial charge on any atom is 0.326 e. The van der Waals surface area contributed by atoms with Gasteiger partial charge in [-0.25, -0.2) is 9.18 Å². The number of rotatable bonds is 7. The van der Waals surface area contributed by atoms with E-state index in [0.717, 1.165) is 0 Å². The first-order valence-corrected chi connectivity index (χ1v) is 7.52. The summed E-state index contributed by atoms with van der Waals surface area (Å²) in [5, 5.41) is 15.1. The highest BCUT2D eigenvalue weighted by Gasteiger charge is 2.18. The zero-order chi connectivity index (χ0) is 17.7. The summed E-state index contributed by atoms with van der Waals surface area (Å²) in [6, 6.07) is 3.57. The Balaban J connectivity index is 1.95. The first-order chi connectivity index (χ1) is 11.4. The molecule has 1 atom stereocenters. The molecule has 2 rings (SSSR count). The van der Waals surface area contributed by atoms with Gasteiger partial charge in [-0.1, -0.05) is 12.1 Å². The quantitative estimate of drug-likeness (QED) is 0.803.